The zero-order valence-electron chi connectivity index (χ0n) is 8.86. The molecule has 0 aliphatic carbocycles. The first-order valence-corrected chi connectivity index (χ1v) is 6.07. The van der Waals surface area contributed by atoms with E-state index in [1.807, 2.05) is 6.07 Å². The lowest BCUT2D eigenvalue weighted by Crippen LogP contribution is -2.29. The summed E-state index contributed by atoms with van der Waals surface area (Å²) in [6.07, 6.45) is 3.53. The molecule has 1 aliphatic rings. The molecular weight excluding hydrogens is 220 g/mol. The second-order valence-electron chi connectivity index (χ2n) is 3.80. The Labute approximate surface area is 98.5 Å². The van der Waals surface area contributed by atoms with Crippen LogP contribution in [0, 0.1) is 22.7 Å². The van der Waals surface area contributed by atoms with Gasteiger partial charge in [-0.2, -0.15) is 10.5 Å². The van der Waals surface area contributed by atoms with E-state index in [1.54, 1.807) is 0 Å². The fourth-order valence-corrected chi connectivity index (χ4v) is 2.96. The van der Waals surface area contributed by atoms with Crippen LogP contribution in [-0.2, 0) is 0 Å². The lowest BCUT2D eigenvalue weighted by atomic mass is 10.1. The molecule has 1 fully saturated rings. The normalized spacial score (nSPS) is 15.5. The fourth-order valence-electron chi connectivity index (χ4n) is 1.94. The van der Waals surface area contributed by atoms with Crippen molar-refractivity contribution in [3.63, 3.8) is 0 Å². The summed E-state index contributed by atoms with van der Waals surface area (Å²) < 4.78 is 0. The number of nitrogen functional groups attached to an aromatic ring is 1. The molecule has 0 spiro atoms. The minimum atomic E-state index is 0.343. The summed E-state index contributed by atoms with van der Waals surface area (Å²) in [5, 5.41) is 18.9. The van der Waals surface area contributed by atoms with Gasteiger partial charge in [-0.3, -0.25) is 0 Å². The summed E-state index contributed by atoms with van der Waals surface area (Å²) in [6, 6.07) is 4.15. The highest BCUT2D eigenvalue weighted by atomic mass is 32.1. The van der Waals surface area contributed by atoms with Gasteiger partial charge in [0.05, 0.1) is 5.69 Å². The molecule has 1 aromatic heterocycles. The molecule has 0 saturated carbocycles. The molecule has 0 amide bonds. The number of thiophene rings is 1. The Kier molecular flexibility index (Phi) is 2.98. The van der Waals surface area contributed by atoms with E-state index in [0.717, 1.165) is 30.9 Å². The summed E-state index contributed by atoms with van der Waals surface area (Å²) >= 11 is 1.33. The molecule has 16 heavy (non-hydrogen) atoms. The van der Waals surface area contributed by atoms with Crippen molar-refractivity contribution in [2.75, 3.05) is 23.7 Å². The number of hydrogen-bond acceptors (Lipinski definition) is 5. The maximum atomic E-state index is 9.08. The van der Waals surface area contributed by atoms with Gasteiger partial charge >= 0.3 is 0 Å². The van der Waals surface area contributed by atoms with E-state index in [9.17, 15) is 0 Å². The Morgan fingerprint density at radius 3 is 2.38 bits per heavy atom. The van der Waals surface area contributed by atoms with Crippen LogP contribution in [0.4, 0.5) is 10.7 Å². The van der Waals surface area contributed by atoms with E-state index in [4.69, 9.17) is 16.3 Å². The van der Waals surface area contributed by atoms with Gasteiger partial charge in [-0.05, 0) is 19.3 Å². The standard InChI is InChI=1S/C11H12N4S/c12-6-8-10(14)9(7-13)16-11(8)15-4-2-1-3-5-15/h1-5,14H2. The Bertz CT molecular complexity index is 471. The van der Waals surface area contributed by atoms with Crippen LogP contribution in [0.25, 0.3) is 0 Å². The molecule has 0 atom stereocenters. The average Bonchev–Trinajstić information content (AvgIpc) is 2.66. The van der Waals surface area contributed by atoms with Crippen LogP contribution in [0.5, 0.6) is 0 Å². The molecule has 2 rings (SSSR count). The van der Waals surface area contributed by atoms with Crippen LogP contribution in [0.1, 0.15) is 29.7 Å². The van der Waals surface area contributed by atoms with E-state index in [0.29, 0.717) is 16.1 Å². The molecule has 4 nitrogen and oxygen atoms in total. The summed E-state index contributed by atoms with van der Waals surface area (Å²) in [6.45, 7) is 1.92. The second-order valence-corrected chi connectivity index (χ2v) is 4.80. The van der Waals surface area contributed by atoms with Crippen LogP contribution >= 0.6 is 11.3 Å². The maximum Gasteiger partial charge on any atom is 0.131 e. The number of rotatable bonds is 1. The Hall–Kier alpha value is -1.72. The SMILES string of the molecule is N#Cc1sc(N2CCCCC2)c(C#N)c1N. The highest BCUT2D eigenvalue weighted by Crippen LogP contribution is 2.38. The van der Waals surface area contributed by atoms with Crippen LogP contribution in [-0.4, -0.2) is 13.1 Å². The summed E-state index contributed by atoms with van der Waals surface area (Å²) in [5.74, 6) is 0. The second kappa shape index (κ2) is 4.42. The highest BCUT2D eigenvalue weighted by molar-refractivity contribution is 7.17. The van der Waals surface area contributed by atoms with E-state index in [1.165, 1.54) is 17.8 Å². The van der Waals surface area contributed by atoms with Gasteiger partial charge in [-0.25, -0.2) is 0 Å². The van der Waals surface area contributed by atoms with Crippen molar-refractivity contribution in [3.05, 3.63) is 10.4 Å². The van der Waals surface area contributed by atoms with E-state index in [2.05, 4.69) is 11.0 Å². The molecule has 1 aromatic rings. The number of nitrogens with zero attached hydrogens (tertiary/aromatic N) is 3. The van der Waals surface area contributed by atoms with Gasteiger partial charge in [0.25, 0.3) is 0 Å². The third-order valence-electron chi connectivity index (χ3n) is 2.78. The third kappa shape index (κ3) is 1.70. The lowest BCUT2D eigenvalue weighted by molar-refractivity contribution is 0.580. The minimum Gasteiger partial charge on any atom is -0.396 e. The first-order chi connectivity index (χ1) is 7.77. The van der Waals surface area contributed by atoms with E-state index < -0.39 is 0 Å². The van der Waals surface area contributed by atoms with Crippen molar-refractivity contribution in [1.82, 2.24) is 0 Å². The fraction of sp³-hybridized carbons (Fsp3) is 0.455. The van der Waals surface area contributed by atoms with Gasteiger partial charge < -0.3 is 10.6 Å². The highest BCUT2D eigenvalue weighted by Gasteiger charge is 2.21. The summed E-state index contributed by atoms with van der Waals surface area (Å²) in [7, 11) is 0. The van der Waals surface area contributed by atoms with Crippen molar-refractivity contribution in [1.29, 1.82) is 10.5 Å². The Morgan fingerprint density at radius 1 is 1.12 bits per heavy atom. The van der Waals surface area contributed by atoms with Gasteiger partial charge in [0, 0.05) is 13.1 Å². The molecule has 1 saturated heterocycles. The molecule has 2 heterocycles. The van der Waals surface area contributed by atoms with Crippen LogP contribution in [0.2, 0.25) is 0 Å². The van der Waals surface area contributed by atoms with Crippen molar-refractivity contribution >= 4 is 22.0 Å². The van der Waals surface area contributed by atoms with Gasteiger partial charge in [-0.15, -0.1) is 11.3 Å². The molecule has 0 unspecified atom stereocenters. The summed E-state index contributed by atoms with van der Waals surface area (Å²) in [5.41, 5.74) is 6.59. The van der Waals surface area contributed by atoms with Crippen molar-refractivity contribution < 1.29 is 0 Å². The first kappa shape index (κ1) is 10.8. The predicted octanol–water partition coefficient (Wildman–Crippen LogP) is 2.06. The Balaban J connectivity index is 2.40. The predicted molar refractivity (Wildman–Crippen MR) is 64.2 cm³/mol. The molecule has 2 N–H and O–H groups in total. The third-order valence-corrected chi connectivity index (χ3v) is 3.95. The molecule has 82 valence electrons. The molecule has 5 heteroatoms. The first-order valence-electron chi connectivity index (χ1n) is 5.25. The maximum absolute atomic E-state index is 9.08. The molecule has 0 radical (unpaired) electrons. The quantitative estimate of drug-likeness (QED) is 0.804. The number of anilines is 2. The topological polar surface area (TPSA) is 76.8 Å². The zero-order valence-corrected chi connectivity index (χ0v) is 9.68. The molecular formula is C11H12N4S. The van der Waals surface area contributed by atoms with Gasteiger partial charge in [0.15, 0.2) is 0 Å². The van der Waals surface area contributed by atoms with Crippen molar-refractivity contribution in [2.45, 2.75) is 19.3 Å². The van der Waals surface area contributed by atoms with Gasteiger partial charge in [0.1, 0.15) is 27.6 Å². The van der Waals surface area contributed by atoms with Crippen LogP contribution < -0.4 is 10.6 Å². The van der Waals surface area contributed by atoms with Crippen LogP contribution in [0.15, 0.2) is 0 Å². The summed E-state index contributed by atoms with van der Waals surface area (Å²) in [4.78, 5) is 2.63. The lowest BCUT2D eigenvalue weighted by Gasteiger charge is -2.27. The van der Waals surface area contributed by atoms with Gasteiger partial charge in [-0.1, -0.05) is 0 Å². The average molecular weight is 232 g/mol. The zero-order chi connectivity index (χ0) is 11.5. The largest absolute Gasteiger partial charge is 0.396 e. The minimum absolute atomic E-state index is 0.343. The van der Waals surface area contributed by atoms with Crippen molar-refractivity contribution in [2.24, 2.45) is 0 Å². The van der Waals surface area contributed by atoms with E-state index >= 15 is 0 Å². The van der Waals surface area contributed by atoms with Crippen molar-refractivity contribution in [3.8, 4) is 12.1 Å². The van der Waals surface area contributed by atoms with Gasteiger partial charge in [0.2, 0.25) is 0 Å². The number of nitriles is 2. The molecule has 0 aromatic carbocycles. The Morgan fingerprint density at radius 2 is 1.81 bits per heavy atom. The molecule has 1 aliphatic heterocycles. The monoisotopic (exact) mass is 232 g/mol. The number of hydrogen-bond donors (Lipinski definition) is 1. The number of nitrogens with two attached hydrogens (primary N) is 1. The van der Waals surface area contributed by atoms with E-state index in [-0.39, 0.29) is 0 Å². The number of piperidine rings is 1. The molecule has 0 bridgehead atoms. The smallest absolute Gasteiger partial charge is 0.131 e. The van der Waals surface area contributed by atoms with Crippen LogP contribution in [0.3, 0.4) is 0 Å².